The highest BCUT2D eigenvalue weighted by molar-refractivity contribution is 7.81. The molecule has 2 heterocycles. The molecule has 0 aromatic rings. The molecule has 0 saturated carbocycles. The molecule has 2 N–H and O–H groups in total. The highest BCUT2D eigenvalue weighted by atomic mass is 32.2. The van der Waals surface area contributed by atoms with Crippen LogP contribution in [0.3, 0.4) is 0 Å². The van der Waals surface area contributed by atoms with Crippen LogP contribution in [0.25, 0.3) is 0 Å². The van der Waals surface area contributed by atoms with Gasteiger partial charge in [-0.1, -0.05) is 0 Å². The number of rotatable bonds is 0. The summed E-state index contributed by atoms with van der Waals surface area (Å²) in [6.45, 7) is 3.01. The monoisotopic (exact) mass is 189 g/mol. The van der Waals surface area contributed by atoms with E-state index < -0.39 is 11.2 Å². The van der Waals surface area contributed by atoms with Gasteiger partial charge in [0.15, 0.2) is 11.2 Å². The smallest absolute Gasteiger partial charge is 0.167 e. The van der Waals surface area contributed by atoms with Crippen molar-refractivity contribution in [2.75, 3.05) is 26.7 Å². The van der Waals surface area contributed by atoms with Crippen LogP contribution in [-0.2, 0) is 11.2 Å². The zero-order chi connectivity index (χ0) is 8.60. The summed E-state index contributed by atoms with van der Waals surface area (Å²) in [7, 11) is 2.11. The van der Waals surface area contributed by atoms with Crippen LogP contribution in [-0.4, -0.2) is 41.3 Å². The van der Waals surface area contributed by atoms with Gasteiger partial charge in [-0.15, -0.1) is 0 Å². The standard InChI is InChI=1S/C7H15N3OS/c1-10-4-2-3-7(6-10)5-8-12(11)9-7/h8-9H,2-6H2,1H3. The van der Waals surface area contributed by atoms with E-state index in [0.717, 1.165) is 26.1 Å². The van der Waals surface area contributed by atoms with Crippen molar-refractivity contribution in [3.63, 3.8) is 0 Å². The molecule has 2 unspecified atom stereocenters. The van der Waals surface area contributed by atoms with Crippen LogP contribution in [0.15, 0.2) is 0 Å². The second-order valence-electron chi connectivity index (χ2n) is 3.81. The number of nitrogens with one attached hydrogen (secondary N) is 2. The first-order chi connectivity index (χ1) is 5.70. The Hall–Kier alpha value is 0.0300. The maximum absolute atomic E-state index is 11.1. The maximum atomic E-state index is 11.1. The lowest BCUT2D eigenvalue weighted by Gasteiger charge is -2.37. The molecular weight excluding hydrogens is 174 g/mol. The lowest BCUT2D eigenvalue weighted by Crippen LogP contribution is -2.54. The van der Waals surface area contributed by atoms with Gasteiger partial charge in [0.05, 0.1) is 5.54 Å². The fourth-order valence-corrected chi connectivity index (χ4v) is 3.17. The summed E-state index contributed by atoms with van der Waals surface area (Å²) in [6, 6.07) is 0. The SMILES string of the molecule is CN1CCCC2(CNS(=O)N2)C1. The number of likely N-dealkylation sites (N-methyl/N-ethyl adjacent to an activating group) is 1. The van der Waals surface area contributed by atoms with Gasteiger partial charge in [-0.25, -0.2) is 13.7 Å². The normalized spacial score (nSPS) is 43.9. The summed E-state index contributed by atoms with van der Waals surface area (Å²) in [6.07, 6.45) is 2.33. The van der Waals surface area contributed by atoms with Crippen LogP contribution < -0.4 is 9.44 Å². The second kappa shape index (κ2) is 3.06. The number of likely N-dealkylation sites (tertiary alicyclic amines) is 1. The van der Waals surface area contributed by atoms with Crippen LogP contribution in [0, 0.1) is 0 Å². The topological polar surface area (TPSA) is 44.4 Å². The van der Waals surface area contributed by atoms with Gasteiger partial charge >= 0.3 is 0 Å². The molecule has 2 aliphatic rings. The van der Waals surface area contributed by atoms with Crippen LogP contribution in [0.5, 0.6) is 0 Å². The summed E-state index contributed by atoms with van der Waals surface area (Å²) < 4.78 is 17.1. The Kier molecular flexibility index (Phi) is 2.20. The fraction of sp³-hybridized carbons (Fsp3) is 1.00. The van der Waals surface area contributed by atoms with Gasteiger partial charge in [-0.3, -0.25) is 0 Å². The molecule has 0 amide bonds. The molecule has 5 heteroatoms. The average molecular weight is 189 g/mol. The van der Waals surface area contributed by atoms with Crippen molar-refractivity contribution in [3.8, 4) is 0 Å². The van der Waals surface area contributed by atoms with Gasteiger partial charge in [-0.05, 0) is 26.4 Å². The lowest BCUT2D eigenvalue weighted by atomic mass is 9.91. The molecule has 4 nitrogen and oxygen atoms in total. The molecule has 2 atom stereocenters. The van der Waals surface area contributed by atoms with E-state index in [-0.39, 0.29) is 5.54 Å². The third-order valence-electron chi connectivity index (χ3n) is 2.62. The van der Waals surface area contributed by atoms with E-state index in [1.807, 2.05) is 0 Å². The largest absolute Gasteiger partial charge is 0.304 e. The maximum Gasteiger partial charge on any atom is 0.167 e. The number of piperidine rings is 1. The molecule has 0 aromatic heterocycles. The number of nitrogens with zero attached hydrogens (tertiary/aromatic N) is 1. The van der Waals surface area contributed by atoms with Gasteiger partial charge in [-0.2, -0.15) is 0 Å². The molecular formula is C7H15N3OS. The summed E-state index contributed by atoms with van der Waals surface area (Å²) >= 11 is -1.00. The van der Waals surface area contributed by atoms with Crippen molar-refractivity contribution in [1.29, 1.82) is 0 Å². The summed E-state index contributed by atoms with van der Waals surface area (Å²) in [5, 5.41) is 0. The Morgan fingerprint density at radius 3 is 3.00 bits per heavy atom. The highest BCUT2D eigenvalue weighted by Gasteiger charge is 2.39. The quantitative estimate of drug-likeness (QED) is 0.525. The summed E-state index contributed by atoms with van der Waals surface area (Å²) in [5.74, 6) is 0. The van der Waals surface area contributed by atoms with E-state index in [1.165, 1.54) is 6.42 Å². The first-order valence-electron chi connectivity index (χ1n) is 4.32. The fourth-order valence-electron chi connectivity index (χ4n) is 2.06. The molecule has 2 rings (SSSR count). The van der Waals surface area contributed by atoms with Gasteiger partial charge in [0, 0.05) is 13.1 Å². The van der Waals surface area contributed by atoms with Gasteiger partial charge < -0.3 is 4.90 Å². The third-order valence-corrected chi connectivity index (χ3v) is 3.64. The van der Waals surface area contributed by atoms with E-state index in [0.29, 0.717) is 0 Å². The molecule has 2 saturated heterocycles. The van der Waals surface area contributed by atoms with Crippen molar-refractivity contribution in [2.24, 2.45) is 0 Å². The minimum Gasteiger partial charge on any atom is -0.304 e. The summed E-state index contributed by atoms with van der Waals surface area (Å²) in [4.78, 5) is 2.29. The van der Waals surface area contributed by atoms with Crippen LogP contribution in [0.4, 0.5) is 0 Å². The van der Waals surface area contributed by atoms with Gasteiger partial charge in [0.1, 0.15) is 0 Å². The molecule has 0 aromatic carbocycles. The van der Waals surface area contributed by atoms with Crippen LogP contribution in [0.1, 0.15) is 12.8 Å². The Labute approximate surface area is 75.4 Å². The second-order valence-corrected chi connectivity index (χ2v) is 4.84. The minimum atomic E-state index is -1.00. The van der Waals surface area contributed by atoms with Crippen molar-refractivity contribution < 1.29 is 4.21 Å². The van der Waals surface area contributed by atoms with Crippen molar-refractivity contribution in [3.05, 3.63) is 0 Å². The molecule has 2 fully saturated rings. The predicted molar refractivity (Wildman–Crippen MR) is 48.7 cm³/mol. The molecule has 70 valence electrons. The zero-order valence-corrected chi connectivity index (χ0v) is 8.12. The van der Waals surface area contributed by atoms with Crippen LogP contribution >= 0.6 is 0 Å². The molecule has 0 radical (unpaired) electrons. The van der Waals surface area contributed by atoms with E-state index in [2.05, 4.69) is 21.4 Å². The van der Waals surface area contributed by atoms with Crippen molar-refractivity contribution in [1.82, 2.24) is 14.3 Å². The van der Waals surface area contributed by atoms with Crippen molar-refractivity contribution >= 4 is 11.2 Å². The molecule has 1 spiro atoms. The Morgan fingerprint density at radius 2 is 2.42 bits per heavy atom. The number of hydrogen-bond acceptors (Lipinski definition) is 2. The van der Waals surface area contributed by atoms with E-state index in [9.17, 15) is 4.21 Å². The first-order valence-corrected chi connectivity index (χ1v) is 5.47. The first kappa shape index (κ1) is 8.62. The molecule has 0 bridgehead atoms. The van der Waals surface area contributed by atoms with E-state index in [4.69, 9.17) is 0 Å². The molecule has 2 aliphatic heterocycles. The van der Waals surface area contributed by atoms with E-state index >= 15 is 0 Å². The van der Waals surface area contributed by atoms with Crippen LogP contribution in [0.2, 0.25) is 0 Å². The van der Waals surface area contributed by atoms with Crippen molar-refractivity contribution in [2.45, 2.75) is 18.4 Å². The Morgan fingerprint density at radius 1 is 1.58 bits per heavy atom. The minimum absolute atomic E-state index is 0.0812. The molecule has 0 aliphatic carbocycles. The Balaban J connectivity index is 2.05. The van der Waals surface area contributed by atoms with Gasteiger partial charge in [0.25, 0.3) is 0 Å². The lowest BCUT2D eigenvalue weighted by molar-refractivity contribution is 0.177. The average Bonchev–Trinajstić information content (AvgIpc) is 2.32. The van der Waals surface area contributed by atoms with Gasteiger partial charge in [0.2, 0.25) is 0 Å². The third kappa shape index (κ3) is 1.54. The van der Waals surface area contributed by atoms with E-state index in [1.54, 1.807) is 0 Å². The summed E-state index contributed by atoms with van der Waals surface area (Å²) in [5.41, 5.74) is 0.0812. The highest BCUT2D eigenvalue weighted by Crippen LogP contribution is 2.22. The molecule has 12 heavy (non-hydrogen) atoms. The Bertz CT molecular complexity index is 211. The predicted octanol–water partition coefficient (Wildman–Crippen LogP) is -0.778. The number of hydrogen-bond donors (Lipinski definition) is 2. The zero-order valence-electron chi connectivity index (χ0n) is 7.30.